The number of rotatable bonds is 4. The van der Waals surface area contributed by atoms with E-state index in [4.69, 9.17) is 23.2 Å². The predicted octanol–water partition coefficient (Wildman–Crippen LogP) is 4.78. The molecule has 5 nitrogen and oxygen atoms in total. The van der Waals surface area contributed by atoms with E-state index in [1.807, 2.05) is 18.2 Å². The molecule has 0 saturated carbocycles. The van der Waals surface area contributed by atoms with Gasteiger partial charge in [0.15, 0.2) is 0 Å². The molecular formula is C17H12Cl2N4O. The molecule has 0 atom stereocenters. The summed E-state index contributed by atoms with van der Waals surface area (Å²) in [6.07, 6.45) is 2.84. The summed E-state index contributed by atoms with van der Waals surface area (Å²) in [5.41, 5.74) is 1.51. The lowest BCUT2D eigenvalue weighted by molar-refractivity contribution is 0.102. The molecule has 0 fully saturated rings. The number of para-hydroxylation sites is 1. The van der Waals surface area contributed by atoms with Crippen molar-refractivity contribution in [3.05, 3.63) is 76.7 Å². The average molecular weight is 359 g/mol. The molecule has 1 amide bonds. The number of nitrogens with one attached hydrogen (secondary N) is 2. The van der Waals surface area contributed by atoms with Gasteiger partial charge in [0.2, 0.25) is 0 Å². The van der Waals surface area contributed by atoms with Crippen molar-refractivity contribution >= 4 is 46.3 Å². The second kappa shape index (κ2) is 7.29. The fourth-order valence-electron chi connectivity index (χ4n) is 1.96. The maximum atomic E-state index is 12.1. The van der Waals surface area contributed by atoms with E-state index in [2.05, 4.69) is 20.6 Å². The van der Waals surface area contributed by atoms with Crippen molar-refractivity contribution in [2.45, 2.75) is 0 Å². The molecule has 1 aromatic heterocycles. The average Bonchev–Trinajstić information content (AvgIpc) is 2.60. The highest BCUT2D eigenvalue weighted by Gasteiger charge is 2.09. The molecule has 1 heterocycles. The van der Waals surface area contributed by atoms with Gasteiger partial charge in [0, 0.05) is 10.7 Å². The Bertz CT molecular complexity index is 854. The number of halogens is 2. The summed E-state index contributed by atoms with van der Waals surface area (Å²) in [6, 6.07) is 14.2. The van der Waals surface area contributed by atoms with Gasteiger partial charge in [0.1, 0.15) is 11.5 Å². The number of carbonyl (C=O) groups is 1. The van der Waals surface area contributed by atoms with Gasteiger partial charge in [-0.2, -0.15) is 0 Å². The van der Waals surface area contributed by atoms with Crippen LogP contribution in [0, 0.1) is 0 Å². The molecule has 2 N–H and O–H groups in total. The van der Waals surface area contributed by atoms with E-state index in [9.17, 15) is 4.79 Å². The zero-order valence-corrected chi connectivity index (χ0v) is 13.8. The van der Waals surface area contributed by atoms with Crippen molar-refractivity contribution in [2.75, 3.05) is 10.6 Å². The molecule has 0 unspecified atom stereocenters. The van der Waals surface area contributed by atoms with Crippen LogP contribution in [0.25, 0.3) is 0 Å². The smallest absolute Gasteiger partial charge is 0.275 e. The standard InChI is InChI=1S/C17H12Cl2N4O/c18-11-6-7-13(19)14(8-11)23-16-10-20-15(9-21-16)17(24)22-12-4-2-1-3-5-12/h1-10H,(H,21,23)(H,22,24). The summed E-state index contributed by atoms with van der Waals surface area (Å²) in [5, 5.41) is 6.81. The van der Waals surface area contributed by atoms with Crippen molar-refractivity contribution in [2.24, 2.45) is 0 Å². The third-order valence-corrected chi connectivity index (χ3v) is 3.67. The maximum absolute atomic E-state index is 12.1. The molecule has 3 rings (SSSR count). The predicted molar refractivity (Wildman–Crippen MR) is 96.2 cm³/mol. The largest absolute Gasteiger partial charge is 0.338 e. The van der Waals surface area contributed by atoms with Crippen LogP contribution in [0.2, 0.25) is 10.0 Å². The lowest BCUT2D eigenvalue weighted by atomic mass is 10.3. The fraction of sp³-hybridized carbons (Fsp3) is 0. The monoisotopic (exact) mass is 358 g/mol. The first-order valence-electron chi connectivity index (χ1n) is 7.02. The summed E-state index contributed by atoms with van der Waals surface area (Å²) >= 11 is 12.0. The highest BCUT2D eigenvalue weighted by atomic mass is 35.5. The van der Waals surface area contributed by atoms with Crippen LogP contribution in [0.5, 0.6) is 0 Å². The van der Waals surface area contributed by atoms with Crippen LogP contribution in [-0.4, -0.2) is 15.9 Å². The van der Waals surface area contributed by atoms with Gasteiger partial charge >= 0.3 is 0 Å². The third-order valence-electron chi connectivity index (χ3n) is 3.11. The Morgan fingerprint density at radius 1 is 0.958 bits per heavy atom. The van der Waals surface area contributed by atoms with E-state index in [0.717, 1.165) is 0 Å². The van der Waals surface area contributed by atoms with Crippen LogP contribution in [-0.2, 0) is 0 Å². The SMILES string of the molecule is O=C(Nc1ccccc1)c1cnc(Nc2cc(Cl)ccc2Cl)cn1. The Hall–Kier alpha value is -2.63. The second-order valence-corrected chi connectivity index (χ2v) is 5.70. The normalized spacial score (nSPS) is 10.2. The van der Waals surface area contributed by atoms with E-state index in [0.29, 0.717) is 27.2 Å². The van der Waals surface area contributed by atoms with E-state index in [1.54, 1.807) is 30.3 Å². The van der Waals surface area contributed by atoms with Crippen LogP contribution in [0.4, 0.5) is 17.2 Å². The minimum atomic E-state index is -0.332. The minimum Gasteiger partial charge on any atom is -0.338 e. The minimum absolute atomic E-state index is 0.210. The van der Waals surface area contributed by atoms with E-state index in [1.165, 1.54) is 12.4 Å². The van der Waals surface area contributed by atoms with Gasteiger partial charge in [0.05, 0.1) is 23.1 Å². The van der Waals surface area contributed by atoms with Crippen LogP contribution < -0.4 is 10.6 Å². The number of carbonyl (C=O) groups excluding carboxylic acids is 1. The molecule has 120 valence electrons. The van der Waals surface area contributed by atoms with Crippen molar-refractivity contribution in [1.82, 2.24) is 9.97 Å². The molecule has 2 aromatic carbocycles. The summed E-state index contributed by atoms with van der Waals surface area (Å²) in [5.74, 6) is 0.122. The fourth-order valence-corrected chi connectivity index (χ4v) is 2.29. The quantitative estimate of drug-likeness (QED) is 0.704. The van der Waals surface area contributed by atoms with Gasteiger partial charge in [-0.05, 0) is 30.3 Å². The summed E-state index contributed by atoms with van der Waals surface area (Å²) in [6.45, 7) is 0. The van der Waals surface area contributed by atoms with Gasteiger partial charge in [-0.25, -0.2) is 9.97 Å². The zero-order valence-electron chi connectivity index (χ0n) is 12.3. The highest BCUT2D eigenvalue weighted by molar-refractivity contribution is 6.35. The van der Waals surface area contributed by atoms with E-state index >= 15 is 0 Å². The Morgan fingerprint density at radius 3 is 2.46 bits per heavy atom. The first-order valence-corrected chi connectivity index (χ1v) is 7.78. The van der Waals surface area contributed by atoms with Crippen LogP contribution in [0.3, 0.4) is 0 Å². The molecule has 0 aliphatic heterocycles. The number of anilines is 3. The first kappa shape index (κ1) is 16.2. The van der Waals surface area contributed by atoms with E-state index in [-0.39, 0.29) is 11.6 Å². The van der Waals surface area contributed by atoms with Crippen LogP contribution in [0.1, 0.15) is 10.5 Å². The molecule has 3 aromatic rings. The molecule has 0 saturated heterocycles. The van der Waals surface area contributed by atoms with Crippen LogP contribution >= 0.6 is 23.2 Å². The topological polar surface area (TPSA) is 66.9 Å². The van der Waals surface area contributed by atoms with Crippen molar-refractivity contribution in [3.63, 3.8) is 0 Å². The summed E-state index contributed by atoms with van der Waals surface area (Å²) in [4.78, 5) is 20.4. The summed E-state index contributed by atoms with van der Waals surface area (Å²) in [7, 11) is 0. The van der Waals surface area contributed by atoms with Gasteiger partial charge in [-0.1, -0.05) is 41.4 Å². The Labute approximate surface area is 148 Å². The van der Waals surface area contributed by atoms with Gasteiger partial charge in [-0.3, -0.25) is 4.79 Å². The van der Waals surface area contributed by atoms with Crippen molar-refractivity contribution < 1.29 is 4.79 Å². The molecular weight excluding hydrogens is 347 g/mol. The van der Waals surface area contributed by atoms with Gasteiger partial charge < -0.3 is 10.6 Å². The Morgan fingerprint density at radius 2 is 1.75 bits per heavy atom. The molecule has 0 spiro atoms. The van der Waals surface area contributed by atoms with E-state index < -0.39 is 0 Å². The highest BCUT2D eigenvalue weighted by Crippen LogP contribution is 2.27. The second-order valence-electron chi connectivity index (χ2n) is 4.86. The molecule has 0 radical (unpaired) electrons. The number of hydrogen-bond donors (Lipinski definition) is 2. The van der Waals surface area contributed by atoms with Crippen molar-refractivity contribution in [3.8, 4) is 0 Å². The molecule has 0 aliphatic rings. The number of benzene rings is 2. The number of amides is 1. The van der Waals surface area contributed by atoms with Gasteiger partial charge in [0.25, 0.3) is 5.91 Å². The Kier molecular flexibility index (Phi) is 4.93. The molecule has 24 heavy (non-hydrogen) atoms. The lowest BCUT2D eigenvalue weighted by Gasteiger charge is -2.08. The number of aromatic nitrogens is 2. The summed E-state index contributed by atoms with van der Waals surface area (Å²) < 4.78 is 0. The Balaban J connectivity index is 1.71. The third kappa shape index (κ3) is 4.01. The van der Waals surface area contributed by atoms with Crippen LogP contribution in [0.15, 0.2) is 60.9 Å². The number of hydrogen-bond acceptors (Lipinski definition) is 4. The first-order chi connectivity index (χ1) is 11.6. The molecule has 7 heteroatoms. The van der Waals surface area contributed by atoms with Gasteiger partial charge in [-0.15, -0.1) is 0 Å². The molecule has 0 bridgehead atoms. The maximum Gasteiger partial charge on any atom is 0.275 e. The molecule has 0 aliphatic carbocycles. The van der Waals surface area contributed by atoms with Crippen molar-refractivity contribution in [1.29, 1.82) is 0 Å². The lowest BCUT2D eigenvalue weighted by Crippen LogP contribution is -2.14. The zero-order chi connectivity index (χ0) is 16.9. The number of nitrogens with zero attached hydrogens (tertiary/aromatic N) is 2.